The zero-order valence-corrected chi connectivity index (χ0v) is 25.1. The Kier molecular flexibility index (Phi) is 9.23. The zero-order chi connectivity index (χ0) is 30.5. The third kappa shape index (κ3) is 7.11. The number of ether oxygens (including phenoxy) is 1. The molecule has 9 heteroatoms. The number of hydrogen-bond acceptors (Lipinski definition) is 6. The Morgan fingerprint density at radius 2 is 1.52 bits per heavy atom. The molecule has 0 bridgehead atoms. The Morgan fingerprint density at radius 3 is 2.27 bits per heavy atom. The van der Waals surface area contributed by atoms with E-state index in [1.54, 1.807) is 0 Å². The van der Waals surface area contributed by atoms with Crippen LogP contribution in [0, 0.1) is 5.92 Å². The number of benzene rings is 3. The lowest BCUT2D eigenvalue weighted by atomic mass is 9.96. The lowest BCUT2D eigenvalue weighted by Gasteiger charge is -2.32. The number of carbonyl (C=O) groups is 3. The molecule has 0 radical (unpaired) electrons. The highest BCUT2D eigenvalue weighted by molar-refractivity contribution is 5.98. The highest BCUT2D eigenvalue weighted by atomic mass is 16.6. The lowest BCUT2D eigenvalue weighted by molar-refractivity contribution is -0.123. The van der Waals surface area contributed by atoms with Gasteiger partial charge in [-0.05, 0) is 67.6 Å². The van der Waals surface area contributed by atoms with Gasteiger partial charge in [0.05, 0.1) is 5.69 Å². The van der Waals surface area contributed by atoms with Crippen LogP contribution in [0.1, 0.15) is 47.2 Å². The van der Waals surface area contributed by atoms with Crippen LogP contribution in [0.3, 0.4) is 0 Å². The average Bonchev–Trinajstić information content (AvgIpc) is 3.35. The molecule has 3 N–H and O–H groups in total. The molecule has 3 heterocycles. The summed E-state index contributed by atoms with van der Waals surface area (Å²) in [5, 5.41) is 2.94. The first-order valence-electron chi connectivity index (χ1n) is 15.7. The summed E-state index contributed by atoms with van der Waals surface area (Å²) in [6, 6.07) is 23.9. The lowest BCUT2D eigenvalue weighted by Crippen LogP contribution is -2.42. The first kappa shape index (κ1) is 29.8. The molecule has 2 fully saturated rings. The van der Waals surface area contributed by atoms with Crippen molar-refractivity contribution in [3.8, 4) is 11.1 Å². The minimum Gasteiger partial charge on any atom is -0.446 e. The van der Waals surface area contributed by atoms with Crippen LogP contribution in [0.15, 0.2) is 72.8 Å². The van der Waals surface area contributed by atoms with Crippen molar-refractivity contribution in [3.63, 3.8) is 0 Å². The molecule has 0 aliphatic carbocycles. The van der Waals surface area contributed by atoms with Crippen LogP contribution in [-0.4, -0.2) is 78.0 Å². The minimum absolute atomic E-state index is 0.0106. The number of nitrogens with two attached hydrogens (primary N) is 1. The van der Waals surface area contributed by atoms with Crippen LogP contribution in [-0.2, 0) is 22.6 Å². The van der Waals surface area contributed by atoms with Crippen LogP contribution >= 0.6 is 0 Å². The molecule has 3 amide bonds. The maximum absolute atomic E-state index is 13.1. The summed E-state index contributed by atoms with van der Waals surface area (Å²) >= 11 is 0. The summed E-state index contributed by atoms with van der Waals surface area (Å²) in [7, 11) is 0. The van der Waals surface area contributed by atoms with Gasteiger partial charge in [-0.2, -0.15) is 0 Å². The van der Waals surface area contributed by atoms with E-state index in [0.29, 0.717) is 13.1 Å². The van der Waals surface area contributed by atoms with E-state index in [1.807, 2.05) is 65.6 Å². The van der Waals surface area contributed by atoms with E-state index in [2.05, 4.69) is 27.2 Å². The number of rotatable bonds is 9. The number of primary amides is 1. The van der Waals surface area contributed by atoms with Gasteiger partial charge in [-0.25, -0.2) is 4.79 Å². The Hall–Kier alpha value is -4.21. The number of carbonyl (C=O) groups excluding carboxylic acids is 3. The van der Waals surface area contributed by atoms with E-state index >= 15 is 0 Å². The molecule has 44 heavy (non-hydrogen) atoms. The summed E-state index contributed by atoms with van der Waals surface area (Å²) in [5.41, 5.74) is 11.3. The number of piperidine rings is 2. The van der Waals surface area contributed by atoms with E-state index in [1.165, 1.54) is 5.56 Å². The average molecular weight is 596 g/mol. The molecule has 0 aromatic heterocycles. The largest absolute Gasteiger partial charge is 0.446 e. The SMILES string of the molecule is NC(=O)C1CCN(Cc2ccc3c(c2)CN(CCN2CCC(OC(=O)Nc4ccccc4-c4ccccc4)CC2)C3=O)CC1. The molecule has 6 rings (SSSR count). The maximum Gasteiger partial charge on any atom is 0.411 e. The van der Waals surface area contributed by atoms with Gasteiger partial charge in [-0.15, -0.1) is 0 Å². The topological polar surface area (TPSA) is 108 Å². The Balaban J connectivity index is 0.934. The maximum atomic E-state index is 13.1. The van der Waals surface area contributed by atoms with E-state index in [9.17, 15) is 14.4 Å². The second-order valence-electron chi connectivity index (χ2n) is 12.2. The minimum atomic E-state index is -0.429. The zero-order valence-electron chi connectivity index (χ0n) is 25.1. The molecule has 0 atom stereocenters. The van der Waals surface area contributed by atoms with E-state index in [4.69, 9.17) is 10.5 Å². The molecule has 230 valence electrons. The highest BCUT2D eigenvalue weighted by Crippen LogP contribution is 2.29. The van der Waals surface area contributed by atoms with E-state index in [-0.39, 0.29) is 23.8 Å². The van der Waals surface area contributed by atoms with E-state index < -0.39 is 6.09 Å². The van der Waals surface area contributed by atoms with E-state index in [0.717, 1.165) is 92.9 Å². The summed E-state index contributed by atoms with van der Waals surface area (Å²) in [6.45, 7) is 6.30. The molecular formula is C35H41N5O4. The molecule has 0 spiro atoms. The molecular weight excluding hydrogens is 554 g/mol. The fourth-order valence-electron chi connectivity index (χ4n) is 6.61. The Labute approximate surface area is 258 Å². The normalized spacial score (nSPS) is 18.3. The predicted molar refractivity (Wildman–Crippen MR) is 170 cm³/mol. The monoisotopic (exact) mass is 595 g/mol. The second kappa shape index (κ2) is 13.6. The number of fused-ring (bicyclic) bond motifs is 1. The molecule has 3 aliphatic heterocycles. The second-order valence-corrected chi connectivity index (χ2v) is 12.2. The van der Waals surface area contributed by atoms with Gasteiger partial charge >= 0.3 is 6.09 Å². The number of para-hydroxylation sites is 1. The van der Waals surface area contributed by atoms with Gasteiger partial charge in [0.2, 0.25) is 5.91 Å². The molecule has 0 unspecified atom stereocenters. The van der Waals surface area contributed by atoms with Gasteiger partial charge < -0.3 is 20.3 Å². The summed E-state index contributed by atoms with van der Waals surface area (Å²) in [4.78, 5) is 44.0. The van der Waals surface area contributed by atoms with Gasteiger partial charge in [0.25, 0.3) is 5.91 Å². The number of hydrogen-bond donors (Lipinski definition) is 2. The fraction of sp³-hybridized carbons (Fsp3) is 0.400. The number of nitrogens with zero attached hydrogens (tertiary/aromatic N) is 3. The van der Waals surface area contributed by atoms with Crippen molar-refractivity contribution in [3.05, 3.63) is 89.5 Å². The smallest absolute Gasteiger partial charge is 0.411 e. The van der Waals surface area contributed by atoms with Crippen molar-refractivity contribution in [2.24, 2.45) is 11.7 Å². The first-order valence-corrected chi connectivity index (χ1v) is 15.7. The van der Waals surface area contributed by atoms with Gasteiger partial charge in [0.1, 0.15) is 6.10 Å². The predicted octanol–water partition coefficient (Wildman–Crippen LogP) is 4.72. The van der Waals surface area contributed by atoms with Crippen LogP contribution in [0.25, 0.3) is 11.1 Å². The number of amides is 3. The number of likely N-dealkylation sites (tertiary alicyclic amines) is 2. The van der Waals surface area contributed by atoms with Crippen molar-refractivity contribution in [2.45, 2.75) is 44.9 Å². The fourth-order valence-corrected chi connectivity index (χ4v) is 6.61. The molecule has 3 aromatic carbocycles. The van der Waals surface area contributed by atoms with Gasteiger partial charge in [0, 0.05) is 56.3 Å². The van der Waals surface area contributed by atoms with Crippen molar-refractivity contribution in [1.82, 2.24) is 14.7 Å². The van der Waals surface area contributed by atoms with Crippen LogP contribution in [0.2, 0.25) is 0 Å². The molecule has 3 aromatic rings. The molecule has 2 saturated heterocycles. The van der Waals surface area contributed by atoms with Gasteiger partial charge in [0.15, 0.2) is 0 Å². The summed E-state index contributed by atoms with van der Waals surface area (Å²) in [6.07, 6.45) is 2.59. The molecule has 3 aliphatic rings. The van der Waals surface area contributed by atoms with Crippen LogP contribution < -0.4 is 11.1 Å². The number of nitrogens with one attached hydrogen (secondary N) is 1. The van der Waals surface area contributed by atoms with Crippen molar-refractivity contribution >= 4 is 23.6 Å². The standard InChI is InChI=1S/C35H41N5O4/c36-33(41)27-12-16-39(17-13-27)23-25-10-11-31-28(22-25)24-40(34(31)42)21-20-38-18-14-29(15-19-38)44-35(43)37-32-9-5-4-8-30(32)26-6-2-1-3-7-26/h1-11,22,27,29H,12-21,23-24H2,(H2,36,41)(H,37,43). The van der Waals surface area contributed by atoms with Crippen LogP contribution in [0.5, 0.6) is 0 Å². The number of anilines is 1. The first-order chi connectivity index (χ1) is 21.4. The van der Waals surface area contributed by atoms with Crippen molar-refractivity contribution in [1.29, 1.82) is 0 Å². The van der Waals surface area contributed by atoms with Crippen molar-refractivity contribution < 1.29 is 19.1 Å². The highest BCUT2D eigenvalue weighted by Gasteiger charge is 2.29. The van der Waals surface area contributed by atoms with Gasteiger partial charge in [-0.1, -0.05) is 60.7 Å². The van der Waals surface area contributed by atoms with Gasteiger partial charge in [-0.3, -0.25) is 19.8 Å². The summed E-state index contributed by atoms with van der Waals surface area (Å²) in [5.74, 6) is -0.106. The quantitative estimate of drug-likeness (QED) is 0.371. The Bertz CT molecular complexity index is 1480. The van der Waals surface area contributed by atoms with Crippen LogP contribution in [0.4, 0.5) is 10.5 Å². The van der Waals surface area contributed by atoms with Crippen molar-refractivity contribution in [2.75, 3.05) is 44.6 Å². The summed E-state index contributed by atoms with van der Waals surface area (Å²) < 4.78 is 5.79. The third-order valence-corrected chi connectivity index (χ3v) is 9.19. The molecule has 0 saturated carbocycles. The molecule has 9 nitrogen and oxygen atoms in total. The third-order valence-electron chi connectivity index (χ3n) is 9.19. The Morgan fingerprint density at radius 1 is 0.818 bits per heavy atom.